The van der Waals surface area contributed by atoms with E-state index in [2.05, 4.69) is 16.0 Å². The first-order chi connectivity index (χ1) is 21.3. The zero-order chi connectivity index (χ0) is 30.9. The Morgan fingerprint density at radius 3 is 1.98 bits per heavy atom. The molecule has 10 heteroatoms. The molecule has 1 aliphatic rings. The first-order valence-electron chi connectivity index (χ1n) is 14.3. The van der Waals surface area contributed by atoms with Crippen molar-refractivity contribution in [2.75, 3.05) is 10.6 Å². The molecule has 0 bridgehead atoms. The topological polar surface area (TPSA) is 126 Å². The van der Waals surface area contributed by atoms with Crippen molar-refractivity contribution in [2.24, 2.45) is 0 Å². The summed E-state index contributed by atoms with van der Waals surface area (Å²) in [4.78, 5) is 36.1. The number of hydrogen-bond donors (Lipinski definition) is 4. The summed E-state index contributed by atoms with van der Waals surface area (Å²) in [5, 5.41) is 17.4. The van der Waals surface area contributed by atoms with Crippen LogP contribution in [0.1, 0.15) is 41.6 Å². The zero-order valence-electron chi connectivity index (χ0n) is 23.8. The quantitative estimate of drug-likeness (QED) is 0.156. The molecule has 5 rings (SSSR count). The maximum atomic E-state index is 13.8. The molecule has 226 valence electrons. The first-order valence-corrected chi connectivity index (χ1v) is 14.3. The summed E-state index contributed by atoms with van der Waals surface area (Å²) in [6.07, 6.45) is 3.17. The Hall–Kier alpha value is -5.38. The van der Waals surface area contributed by atoms with Gasteiger partial charge in [0.05, 0.1) is 29.5 Å². The normalized spacial score (nSPS) is 15.9. The third-order valence-electron chi connectivity index (χ3n) is 7.21. The lowest BCUT2D eigenvalue weighted by Crippen LogP contribution is -2.41. The van der Waals surface area contributed by atoms with Crippen LogP contribution in [0.2, 0.25) is 0 Å². The predicted molar refractivity (Wildman–Crippen MR) is 164 cm³/mol. The summed E-state index contributed by atoms with van der Waals surface area (Å²) >= 11 is 0. The van der Waals surface area contributed by atoms with Gasteiger partial charge in [-0.2, -0.15) is 0 Å². The Morgan fingerprint density at radius 1 is 0.727 bits per heavy atom. The second kappa shape index (κ2) is 14.2. The van der Waals surface area contributed by atoms with Crippen LogP contribution in [-0.2, 0) is 11.2 Å². The van der Waals surface area contributed by atoms with E-state index in [0.717, 1.165) is 37.0 Å². The largest absolute Gasteiger partial charge is 0.490 e. The summed E-state index contributed by atoms with van der Waals surface area (Å²) in [5.41, 5.74) is 1.19. The van der Waals surface area contributed by atoms with Gasteiger partial charge in [0.1, 0.15) is 23.1 Å². The van der Waals surface area contributed by atoms with Crippen LogP contribution >= 0.6 is 0 Å². The third-order valence-corrected chi connectivity index (χ3v) is 7.21. The molecule has 0 saturated heterocycles. The fourth-order valence-electron chi connectivity index (χ4n) is 4.98. The molecule has 0 aliphatic heterocycles. The van der Waals surface area contributed by atoms with Crippen LogP contribution in [0.25, 0.3) is 0 Å². The average molecular weight is 598 g/mol. The van der Waals surface area contributed by atoms with Crippen LogP contribution in [0.3, 0.4) is 0 Å². The Morgan fingerprint density at radius 2 is 1.32 bits per heavy atom. The maximum absolute atomic E-state index is 13.8. The molecular weight excluding hydrogens is 565 g/mol. The van der Waals surface area contributed by atoms with Crippen molar-refractivity contribution in [1.29, 1.82) is 0 Å². The molecule has 0 radical (unpaired) electrons. The van der Waals surface area contributed by atoms with Gasteiger partial charge in [0.15, 0.2) is 0 Å². The summed E-state index contributed by atoms with van der Waals surface area (Å²) in [6.45, 7) is 0. The van der Waals surface area contributed by atoms with E-state index >= 15 is 0 Å². The van der Waals surface area contributed by atoms with Crippen molar-refractivity contribution < 1.29 is 33.4 Å². The van der Waals surface area contributed by atoms with Crippen molar-refractivity contribution in [3.63, 3.8) is 0 Å². The molecule has 9 nitrogen and oxygen atoms in total. The molecule has 0 aromatic heterocycles. The Balaban J connectivity index is 1.04. The van der Waals surface area contributed by atoms with Crippen LogP contribution in [0, 0.1) is 5.82 Å². The number of urea groups is 1. The molecule has 44 heavy (non-hydrogen) atoms. The number of ether oxygens (including phenoxy) is 2. The van der Waals surface area contributed by atoms with Crippen molar-refractivity contribution in [3.8, 4) is 17.2 Å². The molecule has 0 atom stereocenters. The van der Waals surface area contributed by atoms with Gasteiger partial charge >= 0.3 is 12.0 Å². The van der Waals surface area contributed by atoms with Crippen LogP contribution in [0.15, 0.2) is 97.1 Å². The minimum absolute atomic E-state index is 0.00757. The maximum Gasteiger partial charge on any atom is 0.337 e. The van der Waals surface area contributed by atoms with Crippen molar-refractivity contribution in [3.05, 3.63) is 114 Å². The van der Waals surface area contributed by atoms with E-state index in [1.54, 1.807) is 54.6 Å². The Kier molecular flexibility index (Phi) is 9.71. The number of hydrogen-bond acceptors (Lipinski definition) is 5. The number of carbonyl (C=O) groups is 3. The van der Waals surface area contributed by atoms with E-state index in [4.69, 9.17) is 9.47 Å². The first kappa shape index (κ1) is 30.1. The SMILES string of the molecule is O=C(Cc1ccc(Oc2ccc(OC3CCC(NC(=O)Nc4ccccc4F)CC3)cc2)cc1)Nc1ccccc1C(=O)O. The van der Waals surface area contributed by atoms with Gasteiger partial charge in [0.2, 0.25) is 5.91 Å². The molecule has 1 fully saturated rings. The molecule has 1 saturated carbocycles. The van der Waals surface area contributed by atoms with E-state index in [1.807, 2.05) is 24.3 Å². The van der Waals surface area contributed by atoms with Gasteiger partial charge in [-0.15, -0.1) is 0 Å². The number of carbonyl (C=O) groups excluding carboxylic acids is 2. The Labute approximate surface area is 254 Å². The highest BCUT2D eigenvalue weighted by Gasteiger charge is 2.24. The number of carboxylic acid groups (broad SMARTS) is 1. The standard InChI is InChI=1S/C34H32FN3O6/c35-29-6-2-4-8-31(29)38-34(42)36-23-11-15-25(16-12-23)44-27-19-17-26(18-20-27)43-24-13-9-22(10-14-24)21-32(39)37-30-7-3-1-5-28(30)33(40)41/h1-10,13-14,17-20,23,25H,11-12,15-16,21H2,(H,37,39)(H,40,41)(H2,36,38,42). The highest BCUT2D eigenvalue weighted by molar-refractivity contribution is 6.01. The van der Waals surface area contributed by atoms with Crippen LogP contribution < -0.4 is 25.4 Å². The summed E-state index contributed by atoms with van der Waals surface area (Å²) < 4.78 is 25.8. The molecule has 0 heterocycles. The van der Waals surface area contributed by atoms with E-state index < -0.39 is 17.8 Å². The monoisotopic (exact) mass is 597 g/mol. The van der Waals surface area contributed by atoms with Crippen molar-refractivity contribution in [1.82, 2.24) is 5.32 Å². The van der Waals surface area contributed by atoms with Gasteiger partial charge < -0.3 is 30.5 Å². The van der Waals surface area contributed by atoms with Gasteiger partial charge in [-0.3, -0.25) is 4.79 Å². The number of anilines is 2. The minimum atomic E-state index is -1.11. The second-order valence-corrected chi connectivity index (χ2v) is 10.5. The van der Waals surface area contributed by atoms with Gasteiger partial charge in [0.25, 0.3) is 0 Å². The van der Waals surface area contributed by atoms with E-state index in [-0.39, 0.29) is 41.4 Å². The fraction of sp³-hybridized carbons (Fsp3) is 0.206. The highest BCUT2D eigenvalue weighted by Crippen LogP contribution is 2.28. The van der Waals surface area contributed by atoms with Gasteiger partial charge in [-0.05, 0) is 91.9 Å². The number of benzene rings is 4. The minimum Gasteiger partial charge on any atom is -0.490 e. The lowest BCUT2D eigenvalue weighted by Gasteiger charge is -2.29. The van der Waals surface area contributed by atoms with Gasteiger partial charge in [0, 0.05) is 6.04 Å². The van der Waals surface area contributed by atoms with E-state index in [1.165, 1.54) is 18.2 Å². The summed E-state index contributed by atoms with van der Waals surface area (Å²) in [5.74, 6) is 0.0417. The number of amides is 3. The zero-order valence-corrected chi connectivity index (χ0v) is 23.8. The number of rotatable bonds is 10. The molecule has 4 aromatic rings. The van der Waals surface area contributed by atoms with Gasteiger partial charge in [-0.1, -0.05) is 36.4 Å². The highest BCUT2D eigenvalue weighted by atomic mass is 19.1. The molecule has 4 aromatic carbocycles. The molecule has 0 unspecified atom stereocenters. The number of aromatic carboxylic acids is 1. The molecular formula is C34H32FN3O6. The average Bonchev–Trinajstić information content (AvgIpc) is 3.01. The molecule has 4 N–H and O–H groups in total. The van der Waals surface area contributed by atoms with Gasteiger partial charge in [-0.25, -0.2) is 14.0 Å². The van der Waals surface area contributed by atoms with E-state index in [0.29, 0.717) is 11.5 Å². The lowest BCUT2D eigenvalue weighted by molar-refractivity contribution is -0.115. The molecule has 0 spiro atoms. The predicted octanol–water partition coefficient (Wildman–Crippen LogP) is 7.01. The van der Waals surface area contributed by atoms with Crippen LogP contribution in [0.4, 0.5) is 20.6 Å². The van der Waals surface area contributed by atoms with E-state index in [9.17, 15) is 23.9 Å². The van der Waals surface area contributed by atoms with Crippen molar-refractivity contribution >= 4 is 29.3 Å². The number of para-hydroxylation sites is 2. The summed E-state index contributed by atoms with van der Waals surface area (Å²) in [7, 11) is 0. The number of nitrogens with one attached hydrogen (secondary N) is 3. The van der Waals surface area contributed by atoms with Crippen molar-refractivity contribution in [2.45, 2.75) is 44.2 Å². The summed E-state index contributed by atoms with van der Waals surface area (Å²) in [6, 6.07) is 26.3. The molecule has 1 aliphatic carbocycles. The van der Waals surface area contributed by atoms with Crippen LogP contribution in [-0.4, -0.2) is 35.2 Å². The molecule has 3 amide bonds. The lowest BCUT2D eigenvalue weighted by atomic mass is 9.93. The number of halogens is 1. The van der Waals surface area contributed by atoms with Crippen LogP contribution in [0.5, 0.6) is 17.2 Å². The Bertz CT molecular complexity index is 1600. The smallest absolute Gasteiger partial charge is 0.337 e. The fourth-order valence-corrected chi connectivity index (χ4v) is 4.98. The number of carboxylic acids is 1. The second-order valence-electron chi connectivity index (χ2n) is 10.5. The third kappa shape index (κ3) is 8.34.